The number of methoxy groups -OCH3 is 1. The van der Waals surface area contributed by atoms with Crippen molar-refractivity contribution in [2.24, 2.45) is 11.7 Å². The summed E-state index contributed by atoms with van der Waals surface area (Å²) in [6, 6.07) is 3.35. The van der Waals surface area contributed by atoms with Crippen molar-refractivity contribution in [3.63, 3.8) is 0 Å². The first kappa shape index (κ1) is 17.7. The SMILES string of the molecule is COC(=O)CC(CC(N)=O)CC(=O)c1cc(C)cc(C)c1O. The summed E-state index contributed by atoms with van der Waals surface area (Å²) in [6.07, 6.45) is -0.225. The molecule has 1 aromatic carbocycles. The average molecular weight is 307 g/mol. The topological polar surface area (TPSA) is 107 Å². The summed E-state index contributed by atoms with van der Waals surface area (Å²) in [5.41, 5.74) is 6.79. The normalized spacial score (nSPS) is 11.8. The van der Waals surface area contributed by atoms with Gasteiger partial charge in [0.2, 0.25) is 5.91 Å². The molecule has 0 fully saturated rings. The number of aryl methyl sites for hydroxylation is 2. The molecule has 1 amide bonds. The minimum Gasteiger partial charge on any atom is -0.507 e. The highest BCUT2D eigenvalue weighted by atomic mass is 16.5. The fourth-order valence-corrected chi connectivity index (χ4v) is 2.36. The van der Waals surface area contributed by atoms with E-state index in [1.54, 1.807) is 19.1 Å². The maximum absolute atomic E-state index is 12.4. The van der Waals surface area contributed by atoms with E-state index in [0.717, 1.165) is 5.56 Å². The number of ether oxygens (including phenoxy) is 1. The van der Waals surface area contributed by atoms with Crippen LogP contribution in [0.1, 0.15) is 40.7 Å². The summed E-state index contributed by atoms with van der Waals surface area (Å²) in [6.45, 7) is 3.52. The molecule has 0 aliphatic carbocycles. The lowest BCUT2D eigenvalue weighted by Crippen LogP contribution is -2.21. The van der Waals surface area contributed by atoms with Crippen LogP contribution >= 0.6 is 0 Å². The van der Waals surface area contributed by atoms with Crippen molar-refractivity contribution in [2.45, 2.75) is 33.1 Å². The molecule has 0 spiro atoms. The Morgan fingerprint density at radius 2 is 1.82 bits per heavy atom. The number of phenols is 1. The van der Waals surface area contributed by atoms with Crippen molar-refractivity contribution >= 4 is 17.7 Å². The number of phenolic OH excluding ortho intramolecular Hbond substituents is 1. The van der Waals surface area contributed by atoms with Gasteiger partial charge in [0, 0.05) is 19.3 Å². The zero-order valence-electron chi connectivity index (χ0n) is 13.0. The molecule has 1 rings (SSSR count). The van der Waals surface area contributed by atoms with Crippen molar-refractivity contribution in [1.82, 2.24) is 0 Å². The van der Waals surface area contributed by atoms with Gasteiger partial charge in [0.05, 0.1) is 12.7 Å². The minimum absolute atomic E-state index is 0.0610. The van der Waals surface area contributed by atoms with E-state index < -0.39 is 17.8 Å². The van der Waals surface area contributed by atoms with Crippen LogP contribution < -0.4 is 5.73 Å². The summed E-state index contributed by atoms with van der Waals surface area (Å²) in [5.74, 6) is -2.06. The monoisotopic (exact) mass is 307 g/mol. The fourth-order valence-electron chi connectivity index (χ4n) is 2.36. The van der Waals surface area contributed by atoms with Gasteiger partial charge in [0.25, 0.3) is 0 Å². The molecule has 0 radical (unpaired) electrons. The Hall–Kier alpha value is -2.37. The molecular formula is C16H21NO5. The highest BCUT2D eigenvalue weighted by Crippen LogP contribution is 2.27. The molecule has 1 aromatic rings. The number of nitrogens with two attached hydrogens (primary N) is 1. The van der Waals surface area contributed by atoms with Crippen LogP contribution in [0.25, 0.3) is 0 Å². The molecule has 1 atom stereocenters. The third-order valence-electron chi connectivity index (χ3n) is 3.39. The highest BCUT2D eigenvalue weighted by molar-refractivity contribution is 5.99. The van der Waals surface area contributed by atoms with Gasteiger partial charge in [-0.1, -0.05) is 6.07 Å². The Kier molecular flexibility index (Phi) is 6.10. The van der Waals surface area contributed by atoms with E-state index in [1.807, 2.05) is 6.92 Å². The molecular weight excluding hydrogens is 286 g/mol. The summed E-state index contributed by atoms with van der Waals surface area (Å²) >= 11 is 0. The average Bonchev–Trinajstić information content (AvgIpc) is 2.41. The fraction of sp³-hybridized carbons (Fsp3) is 0.438. The van der Waals surface area contributed by atoms with Crippen LogP contribution in [0.15, 0.2) is 12.1 Å². The van der Waals surface area contributed by atoms with Gasteiger partial charge < -0.3 is 15.6 Å². The second-order valence-electron chi connectivity index (χ2n) is 5.42. The van der Waals surface area contributed by atoms with Crippen LogP contribution in [0.4, 0.5) is 0 Å². The zero-order valence-corrected chi connectivity index (χ0v) is 13.0. The quantitative estimate of drug-likeness (QED) is 0.588. The predicted octanol–water partition coefficient (Wildman–Crippen LogP) is 1.64. The van der Waals surface area contributed by atoms with Gasteiger partial charge >= 0.3 is 5.97 Å². The van der Waals surface area contributed by atoms with Crippen molar-refractivity contribution < 1.29 is 24.2 Å². The highest BCUT2D eigenvalue weighted by Gasteiger charge is 2.23. The smallest absolute Gasteiger partial charge is 0.305 e. The van der Waals surface area contributed by atoms with Gasteiger partial charge in [-0.05, 0) is 37.0 Å². The molecule has 6 heteroatoms. The third-order valence-corrected chi connectivity index (χ3v) is 3.39. The maximum Gasteiger partial charge on any atom is 0.305 e. The van der Waals surface area contributed by atoms with Crippen molar-refractivity contribution in [2.75, 3.05) is 7.11 Å². The number of ketones is 1. The van der Waals surface area contributed by atoms with E-state index in [9.17, 15) is 19.5 Å². The molecule has 0 saturated carbocycles. The molecule has 0 aliphatic heterocycles. The first-order chi connectivity index (χ1) is 10.2. The lowest BCUT2D eigenvalue weighted by Gasteiger charge is -2.14. The molecule has 0 saturated heterocycles. The second-order valence-corrected chi connectivity index (χ2v) is 5.42. The van der Waals surface area contributed by atoms with Crippen LogP contribution in [-0.4, -0.2) is 29.9 Å². The molecule has 6 nitrogen and oxygen atoms in total. The zero-order chi connectivity index (χ0) is 16.9. The Morgan fingerprint density at radius 1 is 1.18 bits per heavy atom. The summed E-state index contributed by atoms with van der Waals surface area (Å²) < 4.78 is 4.56. The number of hydrogen-bond donors (Lipinski definition) is 2. The molecule has 0 heterocycles. The van der Waals surface area contributed by atoms with Crippen LogP contribution in [0.5, 0.6) is 5.75 Å². The van der Waals surface area contributed by atoms with Crippen molar-refractivity contribution in [1.29, 1.82) is 0 Å². The van der Waals surface area contributed by atoms with Crippen molar-refractivity contribution in [3.8, 4) is 5.75 Å². The van der Waals surface area contributed by atoms with E-state index in [2.05, 4.69) is 4.74 Å². The van der Waals surface area contributed by atoms with Crippen LogP contribution in [0, 0.1) is 19.8 Å². The standard InChI is InChI=1S/C16H21NO5/c1-9-4-10(2)16(21)12(5-9)13(18)6-11(7-14(17)19)8-15(20)22-3/h4-5,11,21H,6-8H2,1-3H3,(H2,17,19). The summed E-state index contributed by atoms with van der Waals surface area (Å²) in [7, 11) is 1.24. The number of primary amides is 1. The molecule has 0 bridgehead atoms. The number of rotatable bonds is 7. The Balaban J connectivity index is 2.95. The van der Waals surface area contributed by atoms with E-state index in [4.69, 9.17) is 5.73 Å². The molecule has 0 aliphatic rings. The number of carbonyl (C=O) groups is 3. The number of benzene rings is 1. The Bertz CT molecular complexity index is 594. The number of hydrogen-bond acceptors (Lipinski definition) is 5. The minimum atomic E-state index is -0.591. The van der Waals surface area contributed by atoms with Gasteiger partial charge in [-0.3, -0.25) is 14.4 Å². The largest absolute Gasteiger partial charge is 0.507 e. The van der Waals surface area contributed by atoms with Gasteiger partial charge in [0.15, 0.2) is 5.78 Å². The maximum atomic E-state index is 12.4. The lowest BCUT2D eigenvalue weighted by atomic mass is 9.91. The predicted molar refractivity (Wildman–Crippen MR) is 80.5 cm³/mol. The Morgan fingerprint density at radius 3 is 2.36 bits per heavy atom. The number of amides is 1. The summed E-state index contributed by atoms with van der Waals surface area (Å²) in [5, 5.41) is 10.0. The number of esters is 1. The van der Waals surface area contributed by atoms with E-state index >= 15 is 0 Å². The number of aromatic hydroxyl groups is 1. The van der Waals surface area contributed by atoms with E-state index in [-0.39, 0.29) is 36.4 Å². The molecule has 1 unspecified atom stereocenters. The Labute approximate surface area is 129 Å². The van der Waals surface area contributed by atoms with Crippen molar-refractivity contribution in [3.05, 3.63) is 28.8 Å². The van der Waals surface area contributed by atoms with Gasteiger partial charge in [-0.2, -0.15) is 0 Å². The van der Waals surface area contributed by atoms with Crippen LogP contribution in [0.2, 0.25) is 0 Å². The van der Waals surface area contributed by atoms with Gasteiger partial charge in [-0.25, -0.2) is 0 Å². The summed E-state index contributed by atoms with van der Waals surface area (Å²) in [4.78, 5) is 34.8. The molecule has 120 valence electrons. The van der Waals surface area contributed by atoms with Crippen LogP contribution in [-0.2, 0) is 14.3 Å². The number of Topliss-reactive ketones (excluding diaryl/α,β-unsaturated/α-hetero) is 1. The van der Waals surface area contributed by atoms with Gasteiger partial charge in [0.1, 0.15) is 5.75 Å². The lowest BCUT2D eigenvalue weighted by molar-refractivity contribution is -0.141. The van der Waals surface area contributed by atoms with Gasteiger partial charge in [-0.15, -0.1) is 0 Å². The molecule has 0 aromatic heterocycles. The molecule has 3 N–H and O–H groups in total. The third kappa shape index (κ3) is 4.87. The van der Waals surface area contributed by atoms with E-state index in [1.165, 1.54) is 7.11 Å². The van der Waals surface area contributed by atoms with Crippen LogP contribution in [0.3, 0.4) is 0 Å². The second kappa shape index (κ2) is 7.59. The first-order valence-corrected chi connectivity index (χ1v) is 6.93. The molecule has 22 heavy (non-hydrogen) atoms. The number of carbonyl (C=O) groups excluding carboxylic acids is 3. The first-order valence-electron chi connectivity index (χ1n) is 6.93. The van der Waals surface area contributed by atoms with E-state index in [0.29, 0.717) is 5.56 Å².